The van der Waals surface area contributed by atoms with Gasteiger partial charge in [0, 0.05) is 6.04 Å². The number of rotatable bonds is 4. The van der Waals surface area contributed by atoms with Gasteiger partial charge in [0.25, 0.3) is 0 Å². The van der Waals surface area contributed by atoms with Crippen molar-refractivity contribution in [2.45, 2.75) is 19.9 Å². The fourth-order valence-electron chi connectivity index (χ4n) is 1.29. The highest BCUT2D eigenvalue weighted by Gasteiger charge is 2.19. The lowest BCUT2D eigenvalue weighted by atomic mass is 10.0. The van der Waals surface area contributed by atoms with Crippen LogP contribution in [0.15, 0.2) is 18.2 Å². The average Bonchev–Trinajstić information content (AvgIpc) is 2.30. The average molecular weight is 253 g/mol. The van der Waals surface area contributed by atoms with Crippen molar-refractivity contribution in [2.24, 2.45) is 5.92 Å². The molecule has 0 aromatic heterocycles. The maximum Gasteiger partial charge on any atom is 0.308 e. The second-order valence-corrected chi connectivity index (χ2v) is 4.27. The lowest BCUT2D eigenvalue weighted by Gasteiger charge is -2.19. The van der Waals surface area contributed by atoms with E-state index in [1.807, 2.05) is 6.07 Å². The van der Waals surface area contributed by atoms with Crippen molar-refractivity contribution in [3.05, 3.63) is 28.8 Å². The van der Waals surface area contributed by atoms with Crippen molar-refractivity contribution in [1.82, 2.24) is 0 Å². The summed E-state index contributed by atoms with van der Waals surface area (Å²) in [5.41, 5.74) is 1.05. The highest BCUT2D eigenvalue weighted by molar-refractivity contribution is 6.33. The predicted octanol–water partition coefficient (Wildman–Crippen LogP) is 2.73. The van der Waals surface area contributed by atoms with E-state index in [9.17, 15) is 4.79 Å². The Balaban J connectivity index is 2.88. The zero-order chi connectivity index (χ0) is 13.0. The molecular formula is C12H13ClN2O2. The molecule has 0 aliphatic rings. The van der Waals surface area contributed by atoms with Gasteiger partial charge in [0.2, 0.25) is 0 Å². The van der Waals surface area contributed by atoms with Crippen molar-refractivity contribution in [1.29, 1.82) is 5.26 Å². The van der Waals surface area contributed by atoms with E-state index in [0.717, 1.165) is 0 Å². The first kappa shape index (κ1) is 13.3. The number of nitrogens with one attached hydrogen (secondary N) is 1. The molecule has 1 rings (SSSR count). The molecule has 0 heterocycles. The van der Waals surface area contributed by atoms with Gasteiger partial charge in [0.1, 0.15) is 0 Å². The van der Waals surface area contributed by atoms with E-state index in [4.69, 9.17) is 22.0 Å². The summed E-state index contributed by atoms with van der Waals surface area (Å²) in [5, 5.41) is 21.1. The lowest BCUT2D eigenvalue weighted by molar-refractivity contribution is -0.141. The number of carboxylic acids is 1. The Morgan fingerprint density at radius 3 is 2.71 bits per heavy atom. The molecule has 4 nitrogen and oxygen atoms in total. The molecule has 17 heavy (non-hydrogen) atoms. The number of hydrogen-bond donors (Lipinski definition) is 2. The number of carboxylic acid groups (broad SMARTS) is 1. The topological polar surface area (TPSA) is 73.1 Å². The van der Waals surface area contributed by atoms with Crippen molar-refractivity contribution < 1.29 is 9.90 Å². The standard InChI is InChI=1S/C12H13ClN2O2/c1-7(12(16)17)8(2)15-11-5-9(6-14)3-4-10(11)13/h3-5,7-8,15H,1-2H3,(H,16,17). The molecule has 2 unspecified atom stereocenters. The van der Waals surface area contributed by atoms with E-state index in [1.54, 1.807) is 32.0 Å². The zero-order valence-electron chi connectivity index (χ0n) is 9.57. The third kappa shape index (κ3) is 3.36. The zero-order valence-corrected chi connectivity index (χ0v) is 10.3. The number of carbonyl (C=O) groups is 1. The maximum atomic E-state index is 10.8. The SMILES string of the molecule is CC(Nc1cc(C#N)ccc1Cl)C(C)C(=O)O. The van der Waals surface area contributed by atoms with Gasteiger partial charge in [0.15, 0.2) is 0 Å². The maximum absolute atomic E-state index is 10.8. The van der Waals surface area contributed by atoms with E-state index in [2.05, 4.69) is 5.32 Å². The molecule has 2 atom stereocenters. The van der Waals surface area contributed by atoms with Crippen molar-refractivity contribution >= 4 is 23.3 Å². The summed E-state index contributed by atoms with van der Waals surface area (Å²) < 4.78 is 0. The van der Waals surface area contributed by atoms with Gasteiger partial charge in [-0.3, -0.25) is 4.79 Å². The Kier molecular flexibility index (Phi) is 4.36. The van der Waals surface area contributed by atoms with Crippen molar-refractivity contribution in [2.75, 3.05) is 5.32 Å². The van der Waals surface area contributed by atoms with Crippen LogP contribution >= 0.6 is 11.6 Å². The number of nitriles is 1. The molecular weight excluding hydrogens is 240 g/mol. The van der Waals surface area contributed by atoms with Gasteiger partial charge in [-0.15, -0.1) is 0 Å². The first-order valence-electron chi connectivity index (χ1n) is 5.14. The minimum Gasteiger partial charge on any atom is -0.481 e. The largest absolute Gasteiger partial charge is 0.481 e. The van der Waals surface area contributed by atoms with E-state index < -0.39 is 11.9 Å². The van der Waals surface area contributed by atoms with Gasteiger partial charge in [0.05, 0.1) is 28.3 Å². The van der Waals surface area contributed by atoms with Gasteiger partial charge in [-0.2, -0.15) is 5.26 Å². The minimum absolute atomic E-state index is 0.279. The number of halogens is 1. The highest BCUT2D eigenvalue weighted by Crippen LogP contribution is 2.24. The van der Waals surface area contributed by atoms with Gasteiger partial charge in [-0.1, -0.05) is 11.6 Å². The molecule has 0 bridgehead atoms. The number of aliphatic carboxylic acids is 1. The van der Waals surface area contributed by atoms with Crippen LogP contribution < -0.4 is 5.32 Å². The van der Waals surface area contributed by atoms with E-state index in [0.29, 0.717) is 16.3 Å². The summed E-state index contributed by atoms with van der Waals surface area (Å²) in [4.78, 5) is 10.8. The van der Waals surface area contributed by atoms with Crippen LogP contribution in [-0.4, -0.2) is 17.1 Å². The Morgan fingerprint density at radius 2 is 2.18 bits per heavy atom. The van der Waals surface area contributed by atoms with E-state index in [-0.39, 0.29) is 6.04 Å². The molecule has 0 aliphatic carbocycles. The van der Waals surface area contributed by atoms with Crippen LogP contribution in [0.1, 0.15) is 19.4 Å². The second kappa shape index (κ2) is 5.55. The Labute approximate surface area is 105 Å². The van der Waals surface area contributed by atoms with Crippen LogP contribution in [-0.2, 0) is 4.79 Å². The van der Waals surface area contributed by atoms with E-state index in [1.165, 1.54) is 0 Å². The van der Waals surface area contributed by atoms with Crippen LogP contribution in [0.25, 0.3) is 0 Å². The molecule has 5 heteroatoms. The number of anilines is 1. The van der Waals surface area contributed by atoms with Crippen LogP contribution in [0, 0.1) is 17.2 Å². The molecule has 0 aliphatic heterocycles. The van der Waals surface area contributed by atoms with Crippen LogP contribution in [0.5, 0.6) is 0 Å². The highest BCUT2D eigenvalue weighted by atomic mass is 35.5. The smallest absolute Gasteiger partial charge is 0.308 e. The van der Waals surface area contributed by atoms with Crippen LogP contribution in [0.3, 0.4) is 0 Å². The molecule has 0 amide bonds. The molecule has 0 saturated heterocycles. The quantitative estimate of drug-likeness (QED) is 0.864. The second-order valence-electron chi connectivity index (χ2n) is 3.87. The van der Waals surface area contributed by atoms with E-state index >= 15 is 0 Å². The monoisotopic (exact) mass is 252 g/mol. The predicted molar refractivity (Wildman–Crippen MR) is 66.1 cm³/mol. The molecule has 1 aromatic carbocycles. The number of nitrogens with zero attached hydrogens (tertiary/aromatic N) is 1. The number of benzene rings is 1. The van der Waals surface area contributed by atoms with Gasteiger partial charge >= 0.3 is 5.97 Å². The van der Waals surface area contributed by atoms with Crippen molar-refractivity contribution in [3.8, 4) is 6.07 Å². The van der Waals surface area contributed by atoms with Gasteiger partial charge in [-0.05, 0) is 32.0 Å². The Morgan fingerprint density at radius 1 is 1.53 bits per heavy atom. The summed E-state index contributed by atoms with van der Waals surface area (Å²) in [6.45, 7) is 3.37. The van der Waals surface area contributed by atoms with Crippen LogP contribution in [0.4, 0.5) is 5.69 Å². The fourth-order valence-corrected chi connectivity index (χ4v) is 1.46. The normalized spacial score (nSPS) is 13.5. The van der Waals surface area contributed by atoms with Crippen LogP contribution in [0.2, 0.25) is 5.02 Å². The third-order valence-corrected chi connectivity index (χ3v) is 2.95. The molecule has 0 fully saturated rings. The lowest BCUT2D eigenvalue weighted by Crippen LogP contribution is -2.29. The molecule has 0 radical (unpaired) electrons. The molecule has 2 N–H and O–H groups in total. The summed E-state index contributed by atoms with van der Waals surface area (Å²) in [7, 11) is 0. The summed E-state index contributed by atoms with van der Waals surface area (Å²) >= 11 is 5.96. The van der Waals surface area contributed by atoms with Crippen molar-refractivity contribution in [3.63, 3.8) is 0 Å². The molecule has 90 valence electrons. The summed E-state index contributed by atoms with van der Waals surface area (Å²) in [6, 6.07) is 6.55. The fraction of sp³-hybridized carbons (Fsp3) is 0.333. The summed E-state index contributed by atoms with van der Waals surface area (Å²) in [5.74, 6) is -1.42. The Hall–Kier alpha value is -1.73. The first-order valence-corrected chi connectivity index (χ1v) is 5.52. The van der Waals surface area contributed by atoms with Gasteiger partial charge < -0.3 is 10.4 Å². The first-order chi connectivity index (χ1) is 7.95. The van der Waals surface area contributed by atoms with Gasteiger partial charge in [-0.25, -0.2) is 0 Å². The molecule has 0 saturated carbocycles. The molecule has 0 spiro atoms. The molecule has 1 aromatic rings. The minimum atomic E-state index is -0.877. The Bertz CT molecular complexity index is 468. The number of hydrogen-bond acceptors (Lipinski definition) is 3. The summed E-state index contributed by atoms with van der Waals surface area (Å²) in [6.07, 6.45) is 0. The third-order valence-electron chi connectivity index (χ3n) is 2.62.